The van der Waals surface area contributed by atoms with Gasteiger partial charge in [-0.05, 0) is 37.8 Å². The first-order valence-electron chi connectivity index (χ1n) is 8.98. The molecule has 0 saturated carbocycles. The fourth-order valence-electron chi connectivity index (χ4n) is 2.78. The molecule has 2 amide bonds. The number of carbonyl (C=O) groups excluding carboxylic acids is 2. The summed E-state index contributed by atoms with van der Waals surface area (Å²) >= 11 is 0. The maximum Gasteiger partial charge on any atom is 0.486 e. The highest BCUT2D eigenvalue weighted by atomic mass is 16.5. The van der Waals surface area contributed by atoms with Gasteiger partial charge in [-0.3, -0.25) is 9.59 Å². The molecule has 1 radical (unpaired) electrons. The van der Waals surface area contributed by atoms with E-state index in [9.17, 15) is 9.59 Å². The Bertz CT molecular complexity index is 553. The van der Waals surface area contributed by atoms with Crippen molar-refractivity contribution in [1.82, 2.24) is 10.6 Å². The van der Waals surface area contributed by atoms with Gasteiger partial charge in [0, 0.05) is 6.54 Å². The van der Waals surface area contributed by atoms with E-state index in [1.54, 1.807) is 13.8 Å². The summed E-state index contributed by atoms with van der Waals surface area (Å²) in [7, 11) is 0.538. The van der Waals surface area contributed by atoms with Crippen LogP contribution in [0, 0.1) is 5.41 Å². The predicted molar refractivity (Wildman–Crippen MR) is 101 cm³/mol. The van der Waals surface area contributed by atoms with E-state index in [2.05, 4.69) is 10.6 Å². The Hall–Kier alpha value is -1.90. The number of hydrogen-bond donors (Lipinski definition) is 4. The molecule has 0 aliphatic heterocycles. The third-order valence-electron chi connectivity index (χ3n) is 4.56. The molecule has 0 aromatic heterocycles. The minimum absolute atomic E-state index is 0.325. The van der Waals surface area contributed by atoms with Gasteiger partial charge in [0.25, 0.3) is 0 Å². The van der Waals surface area contributed by atoms with Crippen LogP contribution < -0.4 is 16.4 Å². The summed E-state index contributed by atoms with van der Waals surface area (Å²) in [6.07, 6.45) is 1.03. The van der Waals surface area contributed by atoms with Crippen molar-refractivity contribution < 1.29 is 19.3 Å². The Labute approximate surface area is 156 Å². The van der Waals surface area contributed by atoms with Crippen molar-refractivity contribution in [2.45, 2.75) is 52.3 Å². The number of benzene rings is 1. The number of rotatable bonds is 12. The summed E-state index contributed by atoms with van der Waals surface area (Å²) in [5, 5.41) is 14.4. The highest BCUT2D eigenvalue weighted by Crippen LogP contribution is 2.27. The van der Waals surface area contributed by atoms with Crippen LogP contribution in [0.5, 0.6) is 0 Å². The van der Waals surface area contributed by atoms with Gasteiger partial charge < -0.3 is 26.0 Å². The molecule has 0 fully saturated rings. The van der Waals surface area contributed by atoms with Crippen LogP contribution in [0.15, 0.2) is 30.3 Å². The Kier molecular flexibility index (Phi) is 9.94. The van der Waals surface area contributed by atoms with Gasteiger partial charge in [0.2, 0.25) is 11.8 Å². The van der Waals surface area contributed by atoms with Crippen LogP contribution in [0.25, 0.3) is 0 Å². The summed E-state index contributed by atoms with van der Waals surface area (Å²) < 4.78 is 5.02. The number of carbonyl (C=O) groups is 2. The van der Waals surface area contributed by atoms with E-state index in [1.165, 1.54) is 0 Å². The largest absolute Gasteiger partial charge is 0.486 e. The molecule has 1 aromatic carbocycles. The number of hydrogen-bond acceptors (Lipinski definition) is 5. The molecule has 1 rings (SSSR count). The second-order valence-corrected chi connectivity index (χ2v) is 6.09. The first kappa shape index (κ1) is 22.1. The predicted octanol–water partition coefficient (Wildman–Crippen LogP) is 0.834. The van der Waals surface area contributed by atoms with Gasteiger partial charge >= 0.3 is 7.69 Å². The standard InChI is InChI=1S/C18H29BN3O4/c1-3-18(4-2,16(23)21-13-14-9-6-5-7-10-14)17(24)22-15(26-19-25)11-8-12-20/h5-7,9-10,15,25H,3-4,8,11-13,20H2,1-2H3,(H,21,23)(H,22,24)/t15-/m1/s1. The molecule has 0 saturated heterocycles. The number of nitrogens with one attached hydrogen (secondary N) is 2. The van der Waals surface area contributed by atoms with Crippen molar-refractivity contribution in [3.05, 3.63) is 35.9 Å². The minimum atomic E-state index is -1.20. The lowest BCUT2D eigenvalue weighted by Crippen LogP contribution is -2.53. The molecular formula is C18H29BN3O4. The first-order valence-corrected chi connectivity index (χ1v) is 8.98. The average molecular weight is 362 g/mol. The third kappa shape index (κ3) is 6.12. The van der Waals surface area contributed by atoms with Crippen LogP contribution in [0.1, 0.15) is 45.1 Å². The van der Waals surface area contributed by atoms with E-state index in [1.807, 2.05) is 30.3 Å². The highest BCUT2D eigenvalue weighted by Gasteiger charge is 2.43. The minimum Gasteiger partial charge on any atom is -0.429 e. The maximum atomic E-state index is 12.8. The molecule has 5 N–H and O–H groups in total. The quantitative estimate of drug-likeness (QED) is 0.250. The summed E-state index contributed by atoms with van der Waals surface area (Å²) in [4.78, 5) is 25.7. The van der Waals surface area contributed by atoms with Crippen LogP contribution in [0.3, 0.4) is 0 Å². The van der Waals surface area contributed by atoms with Crippen molar-refractivity contribution in [2.75, 3.05) is 6.54 Å². The molecule has 1 aromatic rings. The lowest BCUT2D eigenvalue weighted by Gasteiger charge is -2.31. The molecule has 26 heavy (non-hydrogen) atoms. The summed E-state index contributed by atoms with van der Waals surface area (Å²) in [6, 6.07) is 9.51. The van der Waals surface area contributed by atoms with Gasteiger partial charge in [-0.25, -0.2) is 0 Å². The van der Waals surface area contributed by atoms with E-state index in [0.29, 0.717) is 46.5 Å². The molecule has 0 aliphatic carbocycles. The fraction of sp³-hybridized carbons (Fsp3) is 0.556. The summed E-state index contributed by atoms with van der Waals surface area (Å²) in [5.41, 5.74) is 5.24. The van der Waals surface area contributed by atoms with Crippen molar-refractivity contribution in [3.63, 3.8) is 0 Å². The van der Waals surface area contributed by atoms with Crippen molar-refractivity contribution in [3.8, 4) is 0 Å². The van der Waals surface area contributed by atoms with Crippen molar-refractivity contribution >= 4 is 19.5 Å². The Balaban J connectivity index is 2.81. The van der Waals surface area contributed by atoms with Crippen LogP contribution in [0.4, 0.5) is 0 Å². The zero-order chi connectivity index (χ0) is 19.4. The van der Waals surface area contributed by atoms with Gasteiger partial charge in [-0.1, -0.05) is 44.2 Å². The molecular weight excluding hydrogens is 333 g/mol. The van der Waals surface area contributed by atoms with Crippen LogP contribution >= 0.6 is 0 Å². The van der Waals surface area contributed by atoms with Crippen molar-refractivity contribution in [2.24, 2.45) is 11.1 Å². The second-order valence-electron chi connectivity index (χ2n) is 6.09. The Morgan fingerprint density at radius 3 is 2.42 bits per heavy atom. The topological polar surface area (TPSA) is 114 Å². The Morgan fingerprint density at radius 2 is 1.88 bits per heavy atom. The van der Waals surface area contributed by atoms with E-state index in [4.69, 9.17) is 15.4 Å². The average Bonchev–Trinajstić information content (AvgIpc) is 2.66. The van der Waals surface area contributed by atoms with Gasteiger partial charge in [-0.2, -0.15) is 0 Å². The molecule has 0 unspecified atom stereocenters. The van der Waals surface area contributed by atoms with Crippen LogP contribution in [-0.4, -0.2) is 37.3 Å². The SMILES string of the molecule is CCC(CC)(C(=O)NCc1ccccc1)C(=O)N[C@@H](CCCN)O[B]O. The van der Waals surface area contributed by atoms with Crippen molar-refractivity contribution in [1.29, 1.82) is 0 Å². The molecule has 8 heteroatoms. The van der Waals surface area contributed by atoms with E-state index in [-0.39, 0.29) is 5.91 Å². The third-order valence-corrected chi connectivity index (χ3v) is 4.56. The van der Waals surface area contributed by atoms with Gasteiger partial charge in [0.1, 0.15) is 11.6 Å². The Morgan fingerprint density at radius 1 is 1.23 bits per heavy atom. The van der Waals surface area contributed by atoms with E-state index in [0.717, 1.165) is 5.56 Å². The monoisotopic (exact) mass is 362 g/mol. The molecule has 0 spiro atoms. The van der Waals surface area contributed by atoms with Gasteiger partial charge in [-0.15, -0.1) is 0 Å². The number of amides is 2. The van der Waals surface area contributed by atoms with E-state index < -0.39 is 17.6 Å². The van der Waals surface area contributed by atoms with Gasteiger partial charge in [0.15, 0.2) is 0 Å². The lowest BCUT2D eigenvalue weighted by molar-refractivity contribution is -0.146. The molecule has 0 heterocycles. The van der Waals surface area contributed by atoms with Gasteiger partial charge in [0.05, 0.1) is 0 Å². The zero-order valence-corrected chi connectivity index (χ0v) is 15.5. The fourth-order valence-corrected chi connectivity index (χ4v) is 2.78. The second kappa shape index (κ2) is 11.7. The molecule has 0 aliphatic rings. The maximum absolute atomic E-state index is 12.8. The molecule has 143 valence electrons. The molecule has 1 atom stereocenters. The lowest BCUT2D eigenvalue weighted by atomic mass is 9.80. The highest BCUT2D eigenvalue weighted by molar-refractivity contribution is 6.16. The zero-order valence-electron chi connectivity index (χ0n) is 15.5. The smallest absolute Gasteiger partial charge is 0.429 e. The normalized spacial score (nSPS) is 12.3. The van der Waals surface area contributed by atoms with Crippen LogP contribution in [-0.2, 0) is 20.8 Å². The van der Waals surface area contributed by atoms with Crippen LogP contribution in [0.2, 0.25) is 0 Å². The molecule has 0 bridgehead atoms. The number of nitrogens with two attached hydrogens (primary N) is 1. The summed E-state index contributed by atoms with van der Waals surface area (Å²) in [6.45, 7) is 4.40. The van der Waals surface area contributed by atoms with E-state index >= 15 is 0 Å². The first-order chi connectivity index (χ1) is 12.5. The summed E-state index contributed by atoms with van der Waals surface area (Å²) in [5.74, 6) is -0.744. The molecule has 7 nitrogen and oxygen atoms in total.